The first kappa shape index (κ1) is 15.9. The Bertz CT molecular complexity index is 1010. The van der Waals surface area contributed by atoms with E-state index in [-0.39, 0.29) is 10.7 Å². The summed E-state index contributed by atoms with van der Waals surface area (Å²) in [5.41, 5.74) is 1.32. The first-order valence-corrected chi connectivity index (χ1v) is 8.89. The van der Waals surface area contributed by atoms with E-state index in [0.717, 1.165) is 6.26 Å². The van der Waals surface area contributed by atoms with Crippen molar-refractivity contribution < 1.29 is 8.42 Å². The molecule has 0 aliphatic rings. The van der Waals surface area contributed by atoms with Gasteiger partial charge in [-0.15, -0.1) is 0 Å². The van der Waals surface area contributed by atoms with Crippen LogP contribution in [0, 0.1) is 0 Å². The highest BCUT2D eigenvalue weighted by Gasteiger charge is 2.14. The lowest BCUT2D eigenvalue weighted by atomic mass is 10.3. The van der Waals surface area contributed by atoms with Crippen LogP contribution >= 0.6 is 23.2 Å². The minimum absolute atomic E-state index is 0.286. The van der Waals surface area contributed by atoms with E-state index in [1.165, 1.54) is 12.5 Å². The van der Waals surface area contributed by atoms with Crippen LogP contribution in [0.25, 0.3) is 11.0 Å². The van der Waals surface area contributed by atoms with E-state index in [2.05, 4.69) is 25.3 Å². The monoisotopic (exact) mass is 369 g/mol. The summed E-state index contributed by atoms with van der Waals surface area (Å²) < 4.78 is 23.2. The molecule has 0 atom stereocenters. The van der Waals surface area contributed by atoms with Gasteiger partial charge in [0, 0.05) is 11.9 Å². The molecule has 118 valence electrons. The van der Waals surface area contributed by atoms with Crippen LogP contribution in [-0.2, 0) is 9.84 Å². The van der Waals surface area contributed by atoms with Gasteiger partial charge in [0.15, 0.2) is 5.82 Å². The fraction of sp³-hybridized carbons (Fsp3) is 0.0769. The number of benzene rings is 1. The third-order valence-corrected chi connectivity index (χ3v) is 4.47. The Morgan fingerprint density at radius 3 is 2.57 bits per heavy atom. The van der Waals surface area contributed by atoms with Crippen molar-refractivity contribution in [2.24, 2.45) is 0 Å². The van der Waals surface area contributed by atoms with Crippen molar-refractivity contribution in [3.05, 3.63) is 40.8 Å². The molecule has 0 saturated heterocycles. The number of nitrogens with zero attached hydrogens (tertiary/aromatic N) is 4. The maximum Gasteiger partial charge on any atom is 0.247 e. The van der Waals surface area contributed by atoms with Crippen molar-refractivity contribution in [3.8, 4) is 0 Å². The summed E-state index contributed by atoms with van der Waals surface area (Å²) in [5, 5.41) is 3.52. The number of anilines is 2. The van der Waals surface area contributed by atoms with Crippen LogP contribution in [0.1, 0.15) is 0 Å². The Labute approximate surface area is 141 Å². The van der Waals surface area contributed by atoms with E-state index in [0.29, 0.717) is 27.1 Å². The highest BCUT2D eigenvalue weighted by Crippen LogP contribution is 2.28. The molecule has 1 aromatic carbocycles. The lowest BCUT2D eigenvalue weighted by molar-refractivity contribution is 0.593. The molecule has 3 rings (SSSR count). The molecule has 0 radical (unpaired) electrons. The molecule has 10 heteroatoms. The summed E-state index contributed by atoms with van der Waals surface area (Å²) in [6.45, 7) is 0. The van der Waals surface area contributed by atoms with E-state index in [1.807, 2.05) is 0 Å². The Hall–Kier alpha value is -2.03. The van der Waals surface area contributed by atoms with Crippen molar-refractivity contribution in [2.45, 2.75) is 5.16 Å². The van der Waals surface area contributed by atoms with Gasteiger partial charge in [0.2, 0.25) is 15.0 Å². The number of aromatic nitrogens is 4. The Morgan fingerprint density at radius 2 is 1.87 bits per heavy atom. The Balaban J connectivity index is 2.11. The minimum Gasteiger partial charge on any atom is -0.338 e. The third kappa shape index (κ3) is 3.34. The van der Waals surface area contributed by atoms with Gasteiger partial charge in [0.25, 0.3) is 0 Å². The predicted octanol–water partition coefficient (Wildman–Crippen LogP) is 2.87. The second kappa shape index (κ2) is 5.88. The smallest absolute Gasteiger partial charge is 0.247 e. The van der Waals surface area contributed by atoms with Crippen molar-refractivity contribution in [1.82, 2.24) is 19.9 Å². The Morgan fingerprint density at radius 1 is 1.09 bits per heavy atom. The number of nitrogens with one attached hydrogen (secondary N) is 1. The SMILES string of the molecule is CS(=O)(=O)c1ncc2ncnc(Nc3ccc(Cl)c(Cl)c3)c2n1. The van der Waals surface area contributed by atoms with Crippen LogP contribution in [0.3, 0.4) is 0 Å². The second-order valence-corrected chi connectivity index (χ2v) is 7.36. The van der Waals surface area contributed by atoms with Gasteiger partial charge in [-0.2, -0.15) is 0 Å². The summed E-state index contributed by atoms with van der Waals surface area (Å²) in [4.78, 5) is 15.9. The summed E-state index contributed by atoms with van der Waals surface area (Å²) in [6.07, 6.45) is 3.69. The first-order valence-electron chi connectivity index (χ1n) is 6.24. The van der Waals surface area contributed by atoms with Gasteiger partial charge >= 0.3 is 0 Å². The average Bonchev–Trinajstić information content (AvgIpc) is 2.50. The molecule has 0 aliphatic heterocycles. The van der Waals surface area contributed by atoms with E-state index in [9.17, 15) is 8.42 Å². The zero-order valence-corrected chi connectivity index (χ0v) is 14.0. The summed E-state index contributed by atoms with van der Waals surface area (Å²) in [5.74, 6) is 0.334. The number of hydrogen-bond donors (Lipinski definition) is 1. The lowest BCUT2D eigenvalue weighted by Gasteiger charge is -2.09. The molecule has 0 saturated carbocycles. The van der Waals surface area contributed by atoms with E-state index in [4.69, 9.17) is 23.2 Å². The largest absolute Gasteiger partial charge is 0.338 e. The van der Waals surface area contributed by atoms with Gasteiger partial charge in [0.1, 0.15) is 17.4 Å². The van der Waals surface area contributed by atoms with Crippen LogP contribution in [0.2, 0.25) is 10.0 Å². The van der Waals surface area contributed by atoms with Gasteiger partial charge in [-0.05, 0) is 18.2 Å². The zero-order chi connectivity index (χ0) is 16.6. The molecule has 3 aromatic rings. The molecule has 0 bridgehead atoms. The lowest BCUT2D eigenvalue weighted by Crippen LogP contribution is -2.06. The molecule has 1 N–H and O–H groups in total. The van der Waals surface area contributed by atoms with Crippen molar-refractivity contribution in [2.75, 3.05) is 11.6 Å². The number of halogens is 2. The third-order valence-electron chi connectivity index (χ3n) is 2.87. The highest BCUT2D eigenvalue weighted by atomic mass is 35.5. The maximum atomic E-state index is 11.6. The van der Waals surface area contributed by atoms with Crippen molar-refractivity contribution >= 4 is 55.6 Å². The molecule has 2 heterocycles. The number of fused-ring (bicyclic) bond motifs is 1. The summed E-state index contributed by atoms with van der Waals surface area (Å²) in [6, 6.07) is 4.96. The number of rotatable bonds is 3. The van der Waals surface area contributed by atoms with Gasteiger partial charge in [-0.25, -0.2) is 28.4 Å². The second-order valence-electron chi connectivity index (χ2n) is 4.63. The molecule has 0 aliphatic carbocycles. The van der Waals surface area contributed by atoms with Crippen LogP contribution < -0.4 is 5.32 Å². The maximum absolute atomic E-state index is 11.6. The fourth-order valence-electron chi connectivity index (χ4n) is 1.82. The normalized spacial score (nSPS) is 11.6. The molecule has 0 amide bonds. The Kier molecular flexibility index (Phi) is 4.05. The highest BCUT2D eigenvalue weighted by molar-refractivity contribution is 7.90. The fourth-order valence-corrected chi connectivity index (χ4v) is 2.62. The van der Waals surface area contributed by atoms with E-state index < -0.39 is 9.84 Å². The van der Waals surface area contributed by atoms with Gasteiger partial charge in [-0.1, -0.05) is 23.2 Å². The zero-order valence-electron chi connectivity index (χ0n) is 11.7. The first-order chi connectivity index (χ1) is 10.8. The molecule has 0 spiro atoms. The molecule has 2 aromatic heterocycles. The van der Waals surface area contributed by atoms with Crippen LogP contribution in [-0.4, -0.2) is 34.6 Å². The quantitative estimate of drug-likeness (QED) is 0.708. The van der Waals surface area contributed by atoms with Crippen molar-refractivity contribution in [3.63, 3.8) is 0 Å². The summed E-state index contributed by atoms with van der Waals surface area (Å²) >= 11 is 11.9. The minimum atomic E-state index is -3.54. The predicted molar refractivity (Wildman–Crippen MR) is 88.0 cm³/mol. The standard InChI is InChI=1S/C13H9Cl2N5O2S/c1-23(21,22)13-16-5-10-11(20-13)12(18-6-17-10)19-7-2-3-8(14)9(15)4-7/h2-6H,1H3,(H,17,18,19). The molecular formula is C13H9Cl2N5O2S. The van der Waals surface area contributed by atoms with Crippen LogP contribution in [0.4, 0.5) is 11.5 Å². The number of sulfone groups is 1. The van der Waals surface area contributed by atoms with Crippen LogP contribution in [0.15, 0.2) is 35.9 Å². The van der Waals surface area contributed by atoms with Gasteiger partial charge in [-0.3, -0.25) is 0 Å². The van der Waals surface area contributed by atoms with E-state index in [1.54, 1.807) is 18.2 Å². The molecule has 7 nitrogen and oxygen atoms in total. The molecular weight excluding hydrogens is 361 g/mol. The van der Waals surface area contributed by atoms with E-state index >= 15 is 0 Å². The molecule has 23 heavy (non-hydrogen) atoms. The van der Waals surface area contributed by atoms with Gasteiger partial charge < -0.3 is 5.32 Å². The van der Waals surface area contributed by atoms with Crippen molar-refractivity contribution in [1.29, 1.82) is 0 Å². The topological polar surface area (TPSA) is 97.7 Å². The number of hydrogen-bond acceptors (Lipinski definition) is 7. The molecule has 0 unspecified atom stereocenters. The van der Waals surface area contributed by atoms with Crippen LogP contribution in [0.5, 0.6) is 0 Å². The average molecular weight is 370 g/mol. The molecule has 0 fully saturated rings. The summed E-state index contributed by atoms with van der Waals surface area (Å²) in [7, 11) is -3.54. The van der Waals surface area contributed by atoms with Gasteiger partial charge in [0.05, 0.1) is 16.2 Å².